The molecule has 2 N–H and O–H groups in total. The SMILES string of the molecule is C=CC(=O)OCC(CC)CCCC.C=CC(=O)OCCCCCCCCCCCCCCCCCC.C=CP(=O)(O)O. The molecule has 7 nitrogen and oxygen atoms in total. The van der Waals surface area contributed by atoms with Gasteiger partial charge in [-0.15, -0.1) is 0 Å². The Morgan fingerprint density at radius 2 is 1.00 bits per heavy atom. The zero-order chi connectivity index (χ0) is 32.3. The molecule has 0 saturated heterocycles. The molecule has 0 aromatic carbocycles. The average Bonchev–Trinajstić information content (AvgIpc) is 2.98. The average molecular weight is 617 g/mol. The second-order valence-electron chi connectivity index (χ2n) is 10.7. The van der Waals surface area contributed by atoms with Crippen molar-refractivity contribution in [3.63, 3.8) is 0 Å². The molecule has 0 spiro atoms. The Morgan fingerprint density at radius 1 is 0.643 bits per heavy atom. The Hall–Kier alpha value is -1.69. The van der Waals surface area contributed by atoms with Gasteiger partial charge in [-0.1, -0.05) is 156 Å². The molecule has 1 atom stereocenters. The third-order valence-corrected chi connectivity index (χ3v) is 7.29. The lowest BCUT2D eigenvalue weighted by Crippen LogP contribution is -2.12. The van der Waals surface area contributed by atoms with Gasteiger partial charge in [-0.2, -0.15) is 0 Å². The fraction of sp³-hybridized carbons (Fsp3) is 0.765. The topological polar surface area (TPSA) is 110 Å². The minimum absolute atomic E-state index is 0.300. The fourth-order valence-electron chi connectivity index (χ4n) is 4.04. The molecule has 0 aliphatic rings. The molecule has 0 heterocycles. The van der Waals surface area contributed by atoms with Gasteiger partial charge in [-0.3, -0.25) is 4.57 Å². The fourth-order valence-corrected chi connectivity index (χ4v) is 4.04. The van der Waals surface area contributed by atoms with Gasteiger partial charge in [0.15, 0.2) is 0 Å². The van der Waals surface area contributed by atoms with E-state index in [0.29, 0.717) is 24.9 Å². The Bertz CT molecular complexity index is 687. The van der Waals surface area contributed by atoms with E-state index in [1.54, 1.807) is 0 Å². The Labute approximate surface area is 258 Å². The highest BCUT2D eigenvalue weighted by Gasteiger charge is 2.07. The lowest BCUT2D eigenvalue weighted by atomic mass is 10.0. The van der Waals surface area contributed by atoms with E-state index in [1.165, 1.54) is 121 Å². The van der Waals surface area contributed by atoms with Crippen LogP contribution in [0.2, 0.25) is 0 Å². The number of ether oxygens (including phenoxy) is 2. The second kappa shape index (κ2) is 35.5. The number of rotatable bonds is 26. The van der Waals surface area contributed by atoms with Crippen LogP contribution in [0.5, 0.6) is 0 Å². The lowest BCUT2D eigenvalue weighted by molar-refractivity contribution is -0.139. The van der Waals surface area contributed by atoms with E-state index in [9.17, 15) is 14.2 Å². The molecule has 1 unspecified atom stereocenters. The molecule has 0 aromatic rings. The summed E-state index contributed by atoms with van der Waals surface area (Å²) in [4.78, 5) is 37.2. The third-order valence-electron chi connectivity index (χ3n) is 6.82. The van der Waals surface area contributed by atoms with Crippen molar-refractivity contribution in [3.8, 4) is 0 Å². The third kappa shape index (κ3) is 42.8. The summed E-state index contributed by atoms with van der Waals surface area (Å²) in [6.07, 6.45) is 28.8. The van der Waals surface area contributed by atoms with E-state index in [1.807, 2.05) is 0 Å². The number of carbonyl (C=O) groups is 2. The Kier molecular flexibility index (Phi) is 37.8. The summed E-state index contributed by atoms with van der Waals surface area (Å²) in [6, 6.07) is 0. The minimum Gasteiger partial charge on any atom is -0.463 e. The number of esters is 2. The molecular weight excluding hydrogens is 551 g/mol. The summed E-state index contributed by atoms with van der Waals surface area (Å²) in [6.45, 7) is 17.3. The number of carbonyl (C=O) groups excluding carboxylic acids is 2. The summed E-state index contributed by atoms with van der Waals surface area (Å²) in [7, 11) is -3.88. The van der Waals surface area contributed by atoms with Crippen LogP contribution in [0.1, 0.15) is 149 Å². The maximum Gasteiger partial charge on any atom is 0.348 e. The number of hydrogen-bond donors (Lipinski definition) is 2. The van der Waals surface area contributed by atoms with E-state index in [-0.39, 0.29) is 11.9 Å². The molecule has 0 amide bonds. The van der Waals surface area contributed by atoms with Crippen LogP contribution < -0.4 is 0 Å². The first kappa shape index (κ1) is 44.7. The molecule has 0 aliphatic carbocycles. The quantitative estimate of drug-likeness (QED) is 0.0430. The van der Waals surface area contributed by atoms with Crippen LogP contribution in [0.4, 0.5) is 0 Å². The zero-order valence-electron chi connectivity index (χ0n) is 27.4. The summed E-state index contributed by atoms with van der Waals surface area (Å²) in [5, 5.41) is 0. The van der Waals surface area contributed by atoms with Crippen molar-refractivity contribution in [2.24, 2.45) is 5.92 Å². The standard InChI is InChI=1S/C21H40O2.C11H20O2.C2H5O3P/c1-3-5-6-7-8-9-10-11-12-13-14-15-16-17-18-19-20-23-21(22)4-2;1-4-7-8-10(5-2)9-13-11(12)6-3;1-2-6(3,4)5/h4H,2-3,5-20H2,1H3;6,10H,3-5,7-9H2,1-2H3;2H,1H2,(H2,3,4,5). The van der Waals surface area contributed by atoms with Crippen molar-refractivity contribution in [2.75, 3.05) is 13.2 Å². The van der Waals surface area contributed by atoms with Gasteiger partial charge in [0.1, 0.15) is 0 Å². The normalized spacial score (nSPS) is 11.2. The predicted molar refractivity (Wildman–Crippen MR) is 177 cm³/mol. The maximum absolute atomic E-state index is 10.8. The first-order chi connectivity index (χ1) is 20.1. The van der Waals surface area contributed by atoms with E-state index in [2.05, 4.69) is 40.5 Å². The monoisotopic (exact) mass is 616 g/mol. The lowest BCUT2D eigenvalue weighted by Gasteiger charge is -2.13. The molecule has 0 saturated carbocycles. The van der Waals surface area contributed by atoms with Crippen LogP contribution in [0.15, 0.2) is 37.7 Å². The number of hydrogen-bond acceptors (Lipinski definition) is 5. The Morgan fingerprint density at radius 3 is 1.33 bits per heavy atom. The minimum atomic E-state index is -3.88. The highest BCUT2D eigenvalue weighted by Crippen LogP contribution is 2.34. The van der Waals surface area contributed by atoms with Crippen molar-refractivity contribution in [1.82, 2.24) is 0 Å². The molecule has 0 aliphatic heterocycles. The first-order valence-corrected chi connectivity index (χ1v) is 18.1. The molecule has 0 bridgehead atoms. The van der Waals surface area contributed by atoms with E-state index in [4.69, 9.17) is 19.3 Å². The van der Waals surface area contributed by atoms with Crippen molar-refractivity contribution in [2.45, 2.75) is 149 Å². The van der Waals surface area contributed by atoms with Crippen molar-refractivity contribution < 1.29 is 33.4 Å². The van der Waals surface area contributed by atoms with E-state index < -0.39 is 7.60 Å². The maximum atomic E-state index is 10.8. The van der Waals surface area contributed by atoms with Crippen LogP contribution in [-0.2, 0) is 23.6 Å². The van der Waals surface area contributed by atoms with Gasteiger partial charge in [0, 0.05) is 18.0 Å². The highest BCUT2D eigenvalue weighted by molar-refractivity contribution is 7.55. The molecule has 0 rings (SSSR count). The molecule has 0 aromatic heterocycles. The van der Waals surface area contributed by atoms with Gasteiger partial charge in [0.05, 0.1) is 13.2 Å². The molecule has 0 fully saturated rings. The van der Waals surface area contributed by atoms with Gasteiger partial charge in [0.25, 0.3) is 0 Å². The first-order valence-electron chi connectivity index (χ1n) is 16.4. The van der Waals surface area contributed by atoms with Crippen molar-refractivity contribution in [3.05, 3.63) is 37.7 Å². The highest BCUT2D eigenvalue weighted by atomic mass is 31.2. The molecule has 42 heavy (non-hydrogen) atoms. The molecule has 0 radical (unpaired) electrons. The van der Waals surface area contributed by atoms with Gasteiger partial charge in [0.2, 0.25) is 0 Å². The smallest absolute Gasteiger partial charge is 0.348 e. The van der Waals surface area contributed by atoms with Crippen LogP contribution in [0.25, 0.3) is 0 Å². The van der Waals surface area contributed by atoms with Gasteiger partial charge in [-0.05, 0) is 18.8 Å². The van der Waals surface area contributed by atoms with E-state index >= 15 is 0 Å². The summed E-state index contributed by atoms with van der Waals surface area (Å²) < 4.78 is 19.5. The van der Waals surface area contributed by atoms with E-state index in [0.717, 1.165) is 19.3 Å². The summed E-state index contributed by atoms with van der Waals surface area (Å²) in [5.74, 6) is 0.511. The van der Waals surface area contributed by atoms with Gasteiger partial charge >= 0.3 is 19.5 Å². The van der Waals surface area contributed by atoms with Crippen LogP contribution in [0.3, 0.4) is 0 Å². The Balaban J connectivity index is -0.000000667. The summed E-state index contributed by atoms with van der Waals surface area (Å²) in [5.41, 5.74) is 0. The second-order valence-corrected chi connectivity index (χ2v) is 12.2. The van der Waals surface area contributed by atoms with Gasteiger partial charge < -0.3 is 19.3 Å². The summed E-state index contributed by atoms with van der Waals surface area (Å²) >= 11 is 0. The van der Waals surface area contributed by atoms with Gasteiger partial charge in [-0.25, -0.2) is 9.59 Å². The van der Waals surface area contributed by atoms with Crippen molar-refractivity contribution in [1.29, 1.82) is 0 Å². The largest absolute Gasteiger partial charge is 0.463 e. The number of unbranched alkanes of at least 4 members (excludes halogenated alkanes) is 16. The molecule has 8 heteroatoms. The zero-order valence-corrected chi connectivity index (χ0v) is 28.3. The molecule has 248 valence electrons. The van der Waals surface area contributed by atoms with Crippen LogP contribution in [0, 0.1) is 5.92 Å². The molecular formula is C34H65O7P. The van der Waals surface area contributed by atoms with Crippen LogP contribution in [-0.4, -0.2) is 34.9 Å². The van der Waals surface area contributed by atoms with Crippen molar-refractivity contribution >= 4 is 19.5 Å². The van der Waals surface area contributed by atoms with Crippen LogP contribution >= 0.6 is 7.60 Å². The predicted octanol–water partition coefficient (Wildman–Crippen LogP) is 10.2.